The molecule has 180 valence electrons. The van der Waals surface area contributed by atoms with Crippen molar-refractivity contribution in [3.8, 4) is 5.75 Å². The molecule has 2 heterocycles. The number of likely N-dealkylation sites (tertiary alicyclic amines) is 1. The van der Waals surface area contributed by atoms with E-state index in [1.807, 2.05) is 24.3 Å². The van der Waals surface area contributed by atoms with Crippen molar-refractivity contribution >= 4 is 16.9 Å². The molecule has 3 atom stereocenters. The van der Waals surface area contributed by atoms with E-state index < -0.39 is 12.1 Å². The molecule has 2 aliphatic rings. The summed E-state index contributed by atoms with van der Waals surface area (Å²) < 4.78 is 5.37. The predicted octanol–water partition coefficient (Wildman–Crippen LogP) is 5.05. The number of nitrogens with zero attached hydrogens (tertiary/aromatic N) is 2. The zero-order valence-corrected chi connectivity index (χ0v) is 19.8. The molecular weight excluding hydrogens is 416 g/mol. The number of aliphatic carboxylic acids is 1. The Balaban J connectivity index is 1.38. The molecule has 6 nitrogen and oxygen atoms in total. The number of carboxylic acids is 1. The van der Waals surface area contributed by atoms with Gasteiger partial charge in [0.05, 0.1) is 18.7 Å². The van der Waals surface area contributed by atoms with Crippen LogP contribution in [0.2, 0.25) is 0 Å². The first-order valence-electron chi connectivity index (χ1n) is 12.6. The predicted molar refractivity (Wildman–Crippen MR) is 129 cm³/mol. The van der Waals surface area contributed by atoms with Crippen LogP contribution in [-0.2, 0) is 4.79 Å². The molecule has 2 fully saturated rings. The smallest absolute Gasteiger partial charge is 0.303 e. The monoisotopic (exact) mass is 454 g/mol. The van der Waals surface area contributed by atoms with E-state index in [-0.39, 0.29) is 6.42 Å². The van der Waals surface area contributed by atoms with Crippen LogP contribution in [-0.4, -0.2) is 52.8 Å². The van der Waals surface area contributed by atoms with Crippen LogP contribution in [0.3, 0.4) is 0 Å². The van der Waals surface area contributed by atoms with Crippen LogP contribution in [0.1, 0.15) is 69.5 Å². The minimum atomic E-state index is -0.711. The van der Waals surface area contributed by atoms with Crippen LogP contribution in [0.15, 0.2) is 30.5 Å². The van der Waals surface area contributed by atoms with Gasteiger partial charge in [0.1, 0.15) is 5.75 Å². The van der Waals surface area contributed by atoms with Gasteiger partial charge in [0.15, 0.2) is 0 Å². The molecule has 1 saturated heterocycles. The lowest BCUT2D eigenvalue weighted by Gasteiger charge is -2.40. The fourth-order valence-electron chi connectivity index (χ4n) is 5.61. The van der Waals surface area contributed by atoms with Crippen molar-refractivity contribution in [2.75, 3.05) is 26.7 Å². The number of methoxy groups -OCH3 is 1. The van der Waals surface area contributed by atoms with Crippen molar-refractivity contribution in [3.63, 3.8) is 0 Å². The van der Waals surface area contributed by atoms with Gasteiger partial charge < -0.3 is 19.8 Å². The fraction of sp³-hybridized carbons (Fsp3) is 0.630. The molecule has 2 aromatic rings. The number of hydrogen-bond acceptors (Lipinski definition) is 5. The Labute approximate surface area is 197 Å². The van der Waals surface area contributed by atoms with Gasteiger partial charge in [0.2, 0.25) is 0 Å². The van der Waals surface area contributed by atoms with Crippen LogP contribution in [0.5, 0.6) is 5.75 Å². The summed E-state index contributed by atoms with van der Waals surface area (Å²) in [6, 6.07) is 7.65. The second-order valence-electron chi connectivity index (χ2n) is 10.0. The third-order valence-electron chi connectivity index (χ3n) is 7.94. The molecule has 1 aromatic carbocycles. The number of hydrogen-bond donors (Lipinski definition) is 2. The van der Waals surface area contributed by atoms with Crippen molar-refractivity contribution in [2.45, 2.75) is 63.9 Å². The van der Waals surface area contributed by atoms with Gasteiger partial charge in [-0.1, -0.05) is 19.3 Å². The van der Waals surface area contributed by atoms with E-state index in [1.165, 1.54) is 25.7 Å². The molecule has 4 rings (SSSR count). The summed E-state index contributed by atoms with van der Waals surface area (Å²) in [6.45, 7) is 3.23. The molecule has 0 spiro atoms. The Morgan fingerprint density at radius 1 is 1.18 bits per heavy atom. The fourth-order valence-corrected chi connectivity index (χ4v) is 5.61. The summed E-state index contributed by atoms with van der Waals surface area (Å²) >= 11 is 0. The summed E-state index contributed by atoms with van der Waals surface area (Å²) in [7, 11) is 1.64. The Morgan fingerprint density at radius 2 is 2.03 bits per heavy atom. The maximum Gasteiger partial charge on any atom is 0.303 e. The first-order chi connectivity index (χ1) is 16.0. The SMILES string of the molecule is COc1ccc2nccc([C@H](O)CC[C@@H]3CCN(CCC4CCC4)C[C@H]3CCC(=O)O)c2c1. The summed E-state index contributed by atoms with van der Waals surface area (Å²) in [5.74, 6) is 1.80. The average molecular weight is 455 g/mol. The first kappa shape index (κ1) is 24.0. The highest BCUT2D eigenvalue weighted by Crippen LogP contribution is 2.36. The second-order valence-corrected chi connectivity index (χ2v) is 10.0. The molecule has 1 aliphatic heterocycles. The summed E-state index contributed by atoms with van der Waals surface area (Å²) in [5.41, 5.74) is 1.74. The molecule has 1 saturated carbocycles. The van der Waals surface area contributed by atoms with Gasteiger partial charge in [-0.15, -0.1) is 0 Å². The highest BCUT2D eigenvalue weighted by Gasteiger charge is 2.30. The Kier molecular flexibility index (Phi) is 8.20. The molecular formula is C27H38N2O4. The van der Waals surface area contributed by atoms with Crippen molar-refractivity contribution in [1.82, 2.24) is 9.88 Å². The van der Waals surface area contributed by atoms with E-state index in [4.69, 9.17) is 4.74 Å². The number of aromatic nitrogens is 1. The van der Waals surface area contributed by atoms with Crippen LogP contribution in [0.4, 0.5) is 0 Å². The van der Waals surface area contributed by atoms with Gasteiger partial charge >= 0.3 is 5.97 Å². The number of aliphatic hydroxyl groups excluding tert-OH is 1. The lowest BCUT2D eigenvalue weighted by molar-refractivity contribution is -0.137. The van der Waals surface area contributed by atoms with Gasteiger partial charge in [-0.3, -0.25) is 9.78 Å². The topological polar surface area (TPSA) is 82.9 Å². The number of rotatable bonds is 11. The van der Waals surface area contributed by atoms with Crippen LogP contribution in [0, 0.1) is 17.8 Å². The van der Waals surface area contributed by atoms with E-state index in [0.29, 0.717) is 18.3 Å². The minimum Gasteiger partial charge on any atom is -0.497 e. The molecule has 0 radical (unpaired) electrons. The number of ether oxygens (including phenoxy) is 1. The molecule has 1 aromatic heterocycles. The maximum absolute atomic E-state index is 11.2. The highest BCUT2D eigenvalue weighted by atomic mass is 16.5. The summed E-state index contributed by atoms with van der Waals surface area (Å²) in [4.78, 5) is 18.2. The molecule has 2 N–H and O–H groups in total. The number of piperidine rings is 1. The standard InChI is InChI=1S/C27H38N2O4/c1-33-22-7-8-25-24(17-22)23(11-14-28-25)26(30)9-5-20-13-16-29(15-12-19-3-2-4-19)18-21(20)6-10-27(31)32/h7-8,11,14,17,19-21,26,30H,2-6,9-10,12-13,15-16,18H2,1H3,(H,31,32)/t20-,21-,26-/m1/s1. The van der Waals surface area contributed by atoms with Crippen LogP contribution < -0.4 is 4.74 Å². The van der Waals surface area contributed by atoms with E-state index in [1.54, 1.807) is 13.3 Å². The van der Waals surface area contributed by atoms with Gasteiger partial charge in [-0.05, 0) is 92.8 Å². The molecule has 0 unspecified atom stereocenters. The van der Waals surface area contributed by atoms with Crippen LogP contribution >= 0.6 is 0 Å². The molecule has 0 amide bonds. The number of carboxylic acid groups (broad SMARTS) is 1. The molecule has 1 aliphatic carbocycles. The van der Waals surface area contributed by atoms with Gasteiger partial charge in [0.25, 0.3) is 0 Å². The lowest BCUT2D eigenvalue weighted by Crippen LogP contribution is -2.41. The third-order valence-corrected chi connectivity index (χ3v) is 7.94. The second kappa shape index (κ2) is 11.3. The zero-order chi connectivity index (χ0) is 23.2. The van der Waals surface area contributed by atoms with Crippen molar-refractivity contribution in [1.29, 1.82) is 0 Å². The van der Waals surface area contributed by atoms with E-state index in [2.05, 4.69) is 9.88 Å². The molecule has 33 heavy (non-hydrogen) atoms. The minimum absolute atomic E-state index is 0.231. The number of pyridine rings is 1. The molecule has 0 bridgehead atoms. The number of benzene rings is 1. The van der Waals surface area contributed by atoms with E-state index >= 15 is 0 Å². The Morgan fingerprint density at radius 3 is 2.76 bits per heavy atom. The van der Waals surface area contributed by atoms with E-state index in [0.717, 1.165) is 67.0 Å². The first-order valence-corrected chi connectivity index (χ1v) is 12.6. The Hall–Kier alpha value is -2.18. The third kappa shape index (κ3) is 6.24. The Bertz CT molecular complexity index is 929. The van der Waals surface area contributed by atoms with Crippen LogP contribution in [0.25, 0.3) is 10.9 Å². The van der Waals surface area contributed by atoms with Crippen molar-refractivity contribution in [2.24, 2.45) is 17.8 Å². The largest absolute Gasteiger partial charge is 0.497 e. The normalized spacial score (nSPS) is 22.7. The lowest BCUT2D eigenvalue weighted by atomic mass is 9.78. The quantitative estimate of drug-likeness (QED) is 0.494. The molecule has 6 heteroatoms. The van der Waals surface area contributed by atoms with Gasteiger partial charge in [-0.25, -0.2) is 0 Å². The van der Waals surface area contributed by atoms with E-state index in [9.17, 15) is 15.0 Å². The highest BCUT2D eigenvalue weighted by molar-refractivity contribution is 5.83. The number of fused-ring (bicyclic) bond motifs is 1. The number of aliphatic hydroxyl groups is 1. The van der Waals surface area contributed by atoms with Gasteiger partial charge in [0, 0.05) is 24.5 Å². The zero-order valence-electron chi connectivity index (χ0n) is 19.8. The van der Waals surface area contributed by atoms with Crippen molar-refractivity contribution < 1.29 is 19.7 Å². The summed E-state index contributed by atoms with van der Waals surface area (Å²) in [5, 5.41) is 21.3. The van der Waals surface area contributed by atoms with Crippen molar-refractivity contribution in [3.05, 3.63) is 36.0 Å². The number of carbonyl (C=O) groups is 1. The average Bonchev–Trinajstić information content (AvgIpc) is 2.80. The maximum atomic E-state index is 11.2. The van der Waals surface area contributed by atoms with Gasteiger partial charge in [-0.2, -0.15) is 0 Å². The summed E-state index contributed by atoms with van der Waals surface area (Å²) in [6.07, 6.45) is 10.3.